The molecule has 2 N–H and O–H groups in total. The number of hydrogen-bond donors (Lipinski definition) is 2. The van der Waals surface area contributed by atoms with Crippen molar-refractivity contribution < 1.29 is 14.3 Å². The number of amides is 1. The average molecular weight is 406 g/mol. The number of carbonyl (C=O) groups excluding carboxylic acids is 2. The lowest BCUT2D eigenvalue weighted by atomic mass is 9.89. The third-order valence-corrected chi connectivity index (χ3v) is 6.27. The second-order valence-electron chi connectivity index (χ2n) is 7.97. The molecule has 0 radical (unpaired) electrons. The van der Waals surface area contributed by atoms with Gasteiger partial charge in [-0.3, -0.25) is 9.59 Å². The van der Waals surface area contributed by atoms with E-state index in [1.807, 2.05) is 70.5 Å². The van der Waals surface area contributed by atoms with Crippen LogP contribution >= 0.6 is 0 Å². The zero-order valence-corrected chi connectivity index (χ0v) is 16.8. The first-order valence-electron chi connectivity index (χ1n) is 10.5. The van der Waals surface area contributed by atoms with Gasteiger partial charge in [0.25, 0.3) is 0 Å². The van der Waals surface area contributed by atoms with Gasteiger partial charge >= 0.3 is 5.97 Å². The zero-order chi connectivity index (χ0) is 20.6. The summed E-state index contributed by atoms with van der Waals surface area (Å²) >= 11 is 0. The molecule has 5 rings (SSSR count). The maximum atomic E-state index is 13.6. The fourth-order valence-electron chi connectivity index (χ4n) is 4.89. The fraction of sp³-hybridized carbons (Fsp3) is 0.391. The van der Waals surface area contributed by atoms with Crippen LogP contribution in [0.25, 0.3) is 0 Å². The lowest BCUT2D eigenvalue weighted by Crippen LogP contribution is -2.67. The van der Waals surface area contributed by atoms with Crippen LogP contribution in [0.4, 0.5) is 0 Å². The first-order chi connectivity index (χ1) is 14.7. The van der Waals surface area contributed by atoms with Crippen LogP contribution < -0.4 is 10.6 Å². The van der Waals surface area contributed by atoms with Gasteiger partial charge in [0.2, 0.25) is 11.6 Å². The maximum absolute atomic E-state index is 13.6. The second-order valence-corrected chi connectivity index (χ2v) is 7.97. The van der Waals surface area contributed by atoms with Gasteiger partial charge in [-0.2, -0.15) is 0 Å². The maximum Gasteiger partial charge on any atom is 0.327 e. The molecule has 1 amide bonds. The Morgan fingerprint density at radius 1 is 0.900 bits per heavy atom. The minimum absolute atomic E-state index is 0.0447. The summed E-state index contributed by atoms with van der Waals surface area (Å²) in [4.78, 5) is 30.6. The van der Waals surface area contributed by atoms with Crippen LogP contribution in [0.15, 0.2) is 60.7 Å². The molecule has 3 aliphatic rings. The van der Waals surface area contributed by atoms with E-state index in [2.05, 4.69) is 10.6 Å². The Kier molecular flexibility index (Phi) is 5.02. The van der Waals surface area contributed by atoms with E-state index in [1.54, 1.807) is 0 Å². The number of carbonyl (C=O) groups is 2. The van der Waals surface area contributed by atoms with E-state index in [0.717, 1.165) is 24.2 Å². The van der Waals surface area contributed by atoms with Crippen LogP contribution in [0.2, 0.25) is 0 Å². The number of cyclic esters (lactones) is 1. The summed E-state index contributed by atoms with van der Waals surface area (Å²) < 4.78 is 6.20. The Morgan fingerprint density at radius 2 is 1.50 bits per heavy atom. The minimum Gasteiger partial charge on any atom is -0.434 e. The first-order valence-corrected chi connectivity index (χ1v) is 10.5. The van der Waals surface area contributed by atoms with Crippen molar-refractivity contribution >= 4 is 11.9 Å². The molecule has 7 nitrogen and oxygen atoms in total. The van der Waals surface area contributed by atoms with Gasteiger partial charge in [0, 0.05) is 50.4 Å². The van der Waals surface area contributed by atoms with Crippen LogP contribution in [0.5, 0.6) is 0 Å². The summed E-state index contributed by atoms with van der Waals surface area (Å²) in [7, 11) is 0. The van der Waals surface area contributed by atoms with Gasteiger partial charge in [0.1, 0.15) is 12.1 Å². The van der Waals surface area contributed by atoms with Crippen molar-refractivity contribution in [1.29, 1.82) is 0 Å². The Balaban J connectivity index is 1.64. The first kappa shape index (κ1) is 19.2. The van der Waals surface area contributed by atoms with E-state index in [0.29, 0.717) is 26.2 Å². The molecule has 0 aliphatic carbocycles. The van der Waals surface area contributed by atoms with E-state index in [9.17, 15) is 9.59 Å². The monoisotopic (exact) mass is 406 g/mol. The number of nitrogens with one attached hydrogen (secondary N) is 2. The number of benzene rings is 2. The number of esters is 1. The lowest BCUT2D eigenvalue weighted by Gasteiger charge is -2.46. The summed E-state index contributed by atoms with van der Waals surface area (Å²) in [6.45, 7) is 3.86. The molecule has 0 aromatic heterocycles. The molecular weight excluding hydrogens is 380 g/mol. The predicted octanol–water partition coefficient (Wildman–Crippen LogP) is 0.519. The number of piperazine rings is 2. The normalized spacial score (nSPS) is 26.1. The number of nitrogens with zero attached hydrogens (tertiary/aromatic N) is 2. The van der Waals surface area contributed by atoms with Gasteiger partial charge in [0.15, 0.2) is 0 Å². The number of ether oxygens (including phenoxy) is 1. The molecule has 7 heteroatoms. The molecule has 3 heterocycles. The Bertz CT molecular complexity index is 875. The molecule has 2 unspecified atom stereocenters. The van der Waals surface area contributed by atoms with Crippen LogP contribution in [0.1, 0.15) is 11.1 Å². The number of hydrogen-bond acceptors (Lipinski definition) is 6. The molecule has 2 atom stereocenters. The Morgan fingerprint density at radius 3 is 2.10 bits per heavy atom. The molecule has 3 fully saturated rings. The lowest BCUT2D eigenvalue weighted by molar-refractivity contribution is -0.156. The van der Waals surface area contributed by atoms with E-state index < -0.39 is 17.8 Å². The topological polar surface area (TPSA) is 73.9 Å². The van der Waals surface area contributed by atoms with Crippen molar-refractivity contribution in [3.8, 4) is 0 Å². The highest BCUT2D eigenvalue weighted by atomic mass is 16.6. The van der Waals surface area contributed by atoms with Crippen LogP contribution in [0, 0.1) is 0 Å². The van der Waals surface area contributed by atoms with Gasteiger partial charge in [-0.25, -0.2) is 4.90 Å². The second kappa shape index (κ2) is 7.83. The standard InChI is InChI=1S/C23H26N4O3/c28-21(26-13-11-24-12-14-26)19-15-25-16-20-22(29)30-23(27(19)20,17-7-3-1-4-8-17)18-9-5-2-6-10-18/h1-10,19-20,24-25H,11-16H2. The number of fused-ring (bicyclic) bond motifs is 1. The molecular formula is C23H26N4O3. The number of rotatable bonds is 3. The van der Waals surface area contributed by atoms with Gasteiger partial charge < -0.3 is 20.3 Å². The third kappa shape index (κ3) is 3.01. The summed E-state index contributed by atoms with van der Waals surface area (Å²) in [6, 6.07) is 18.5. The quantitative estimate of drug-likeness (QED) is 0.724. The van der Waals surface area contributed by atoms with Crippen LogP contribution in [-0.2, 0) is 20.1 Å². The Labute approximate surface area is 176 Å². The van der Waals surface area contributed by atoms with Crippen molar-refractivity contribution in [2.75, 3.05) is 39.3 Å². The van der Waals surface area contributed by atoms with Gasteiger partial charge in [-0.15, -0.1) is 0 Å². The van der Waals surface area contributed by atoms with Gasteiger partial charge in [-0.05, 0) is 0 Å². The SMILES string of the molecule is O=C1OC(c2ccccc2)(c2ccccc2)N2C1CNCC2C(=O)N1CCNCC1. The van der Waals surface area contributed by atoms with E-state index >= 15 is 0 Å². The molecule has 3 saturated heterocycles. The largest absolute Gasteiger partial charge is 0.434 e. The average Bonchev–Trinajstić information content (AvgIpc) is 3.14. The van der Waals surface area contributed by atoms with Crippen molar-refractivity contribution in [1.82, 2.24) is 20.4 Å². The molecule has 2 aromatic rings. The zero-order valence-electron chi connectivity index (χ0n) is 16.8. The summed E-state index contributed by atoms with van der Waals surface area (Å²) in [6.07, 6.45) is 0. The van der Waals surface area contributed by atoms with E-state index in [-0.39, 0.29) is 11.9 Å². The van der Waals surface area contributed by atoms with Gasteiger partial charge in [-0.1, -0.05) is 60.7 Å². The molecule has 0 spiro atoms. The molecule has 3 aliphatic heterocycles. The highest BCUT2D eigenvalue weighted by Gasteiger charge is 2.60. The highest BCUT2D eigenvalue weighted by molar-refractivity contribution is 5.87. The Hall–Kier alpha value is -2.74. The van der Waals surface area contributed by atoms with Crippen LogP contribution in [0.3, 0.4) is 0 Å². The summed E-state index contributed by atoms with van der Waals surface area (Å²) in [5, 5.41) is 6.58. The van der Waals surface area contributed by atoms with Crippen molar-refractivity contribution in [2.45, 2.75) is 17.8 Å². The van der Waals surface area contributed by atoms with E-state index in [1.165, 1.54) is 0 Å². The smallest absolute Gasteiger partial charge is 0.327 e. The van der Waals surface area contributed by atoms with Crippen LogP contribution in [-0.4, -0.2) is 73.0 Å². The molecule has 0 bridgehead atoms. The van der Waals surface area contributed by atoms with Gasteiger partial charge in [0.05, 0.1) is 0 Å². The van der Waals surface area contributed by atoms with E-state index in [4.69, 9.17) is 4.74 Å². The highest BCUT2D eigenvalue weighted by Crippen LogP contribution is 2.45. The molecule has 30 heavy (non-hydrogen) atoms. The predicted molar refractivity (Wildman–Crippen MR) is 111 cm³/mol. The minimum atomic E-state index is -1.12. The molecule has 0 saturated carbocycles. The summed E-state index contributed by atoms with van der Waals surface area (Å²) in [5.74, 6) is -0.253. The summed E-state index contributed by atoms with van der Waals surface area (Å²) in [5.41, 5.74) is 0.583. The molecule has 156 valence electrons. The third-order valence-electron chi connectivity index (χ3n) is 6.27. The van der Waals surface area contributed by atoms with Crippen molar-refractivity contribution in [2.24, 2.45) is 0 Å². The van der Waals surface area contributed by atoms with Crippen molar-refractivity contribution in [3.05, 3.63) is 71.8 Å². The van der Waals surface area contributed by atoms with Crippen molar-refractivity contribution in [3.63, 3.8) is 0 Å². The fourth-order valence-corrected chi connectivity index (χ4v) is 4.89. The molecule has 2 aromatic carbocycles.